The molecule has 1 heterocycles. The highest BCUT2D eigenvalue weighted by Crippen LogP contribution is 2.21. The number of carbonyl (C=O) groups is 2. The van der Waals surface area contributed by atoms with Gasteiger partial charge in [0, 0.05) is 17.9 Å². The largest absolute Gasteiger partial charge is 0.384 e. The van der Waals surface area contributed by atoms with Crippen LogP contribution in [-0.2, 0) is 16.1 Å². The van der Waals surface area contributed by atoms with Crippen LogP contribution in [0.5, 0.6) is 0 Å². The quantitative estimate of drug-likeness (QED) is 0.633. The molecule has 19 heavy (non-hydrogen) atoms. The molecule has 2 rings (SSSR count). The van der Waals surface area contributed by atoms with Crippen molar-refractivity contribution in [3.8, 4) is 11.8 Å². The molecule has 1 aromatic rings. The molecule has 0 radical (unpaired) electrons. The summed E-state index contributed by atoms with van der Waals surface area (Å²) in [5, 5.41) is 8.60. The van der Waals surface area contributed by atoms with Crippen LogP contribution in [0.25, 0.3) is 0 Å². The number of hydrogen-bond donors (Lipinski definition) is 1. The predicted molar refractivity (Wildman–Crippen MR) is 69.7 cm³/mol. The monoisotopic (exact) mass is 257 g/mol. The highest BCUT2D eigenvalue weighted by atomic mass is 16.2. The van der Waals surface area contributed by atoms with Crippen LogP contribution in [0, 0.1) is 17.8 Å². The number of rotatable bonds is 2. The Morgan fingerprint density at radius 1 is 1.32 bits per heavy atom. The van der Waals surface area contributed by atoms with Crippen LogP contribution >= 0.6 is 0 Å². The number of nitrogens with zero attached hydrogens (tertiary/aromatic N) is 1. The average molecular weight is 257 g/mol. The zero-order valence-electron chi connectivity index (χ0n) is 10.7. The number of likely N-dealkylation sites (tertiary alicyclic amines) is 1. The molecule has 0 bridgehead atoms. The van der Waals surface area contributed by atoms with E-state index >= 15 is 0 Å². The Morgan fingerprint density at radius 3 is 2.53 bits per heavy atom. The molecule has 1 saturated heterocycles. The van der Waals surface area contributed by atoms with E-state index in [0.29, 0.717) is 13.0 Å². The van der Waals surface area contributed by atoms with Crippen LogP contribution in [0.3, 0.4) is 0 Å². The van der Waals surface area contributed by atoms with Crippen molar-refractivity contribution in [1.29, 1.82) is 0 Å². The maximum absolute atomic E-state index is 11.8. The first kappa shape index (κ1) is 13.3. The van der Waals surface area contributed by atoms with Gasteiger partial charge >= 0.3 is 0 Å². The third-order valence-corrected chi connectivity index (χ3v) is 3.08. The van der Waals surface area contributed by atoms with Crippen LogP contribution in [-0.4, -0.2) is 28.4 Å². The summed E-state index contributed by atoms with van der Waals surface area (Å²) in [5.74, 6) is 4.94. The van der Waals surface area contributed by atoms with Crippen molar-refractivity contribution in [3.63, 3.8) is 0 Å². The molecule has 1 unspecified atom stereocenters. The summed E-state index contributed by atoms with van der Waals surface area (Å²) in [4.78, 5) is 24.8. The zero-order chi connectivity index (χ0) is 13.8. The van der Waals surface area contributed by atoms with Crippen molar-refractivity contribution in [3.05, 3.63) is 35.4 Å². The molecule has 1 atom stereocenters. The molecule has 0 aliphatic carbocycles. The summed E-state index contributed by atoms with van der Waals surface area (Å²) in [7, 11) is 0. The van der Waals surface area contributed by atoms with E-state index in [1.54, 1.807) is 6.92 Å². The van der Waals surface area contributed by atoms with Gasteiger partial charge in [0.05, 0.1) is 6.54 Å². The topological polar surface area (TPSA) is 57.6 Å². The second kappa shape index (κ2) is 5.68. The van der Waals surface area contributed by atoms with Crippen LogP contribution in [0.15, 0.2) is 24.3 Å². The molecule has 4 heteroatoms. The van der Waals surface area contributed by atoms with Gasteiger partial charge < -0.3 is 5.11 Å². The Balaban J connectivity index is 2.08. The van der Waals surface area contributed by atoms with Crippen LogP contribution in [0.1, 0.15) is 24.5 Å². The number of imide groups is 1. The first-order chi connectivity index (χ1) is 9.11. The Kier molecular flexibility index (Phi) is 3.98. The lowest BCUT2D eigenvalue weighted by molar-refractivity contribution is -0.139. The van der Waals surface area contributed by atoms with Gasteiger partial charge in [0.2, 0.25) is 11.8 Å². The Hall–Kier alpha value is -2.12. The third-order valence-electron chi connectivity index (χ3n) is 3.08. The number of hydrogen-bond acceptors (Lipinski definition) is 3. The highest BCUT2D eigenvalue weighted by molar-refractivity contribution is 6.03. The molecule has 0 aromatic heterocycles. The second-order valence-corrected chi connectivity index (χ2v) is 4.58. The zero-order valence-corrected chi connectivity index (χ0v) is 10.7. The minimum atomic E-state index is -0.206. The Morgan fingerprint density at radius 2 is 2.00 bits per heavy atom. The average Bonchev–Trinajstić information content (AvgIpc) is 2.64. The van der Waals surface area contributed by atoms with E-state index < -0.39 is 0 Å². The van der Waals surface area contributed by atoms with E-state index in [0.717, 1.165) is 11.1 Å². The van der Waals surface area contributed by atoms with Crippen LogP contribution in [0.2, 0.25) is 0 Å². The van der Waals surface area contributed by atoms with Crippen LogP contribution in [0.4, 0.5) is 0 Å². The summed E-state index contributed by atoms with van der Waals surface area (Å²) in [5.41, 5.74) is 1.69. The fourth-order valence-electron chi connectivity index (χ4n) is 2.03. The van der Waals surface area contributed by atoms with Gasteiger partial charge in [0.1, 0.15) is 6.61 Å². The van der Waals surface area contributed by atoms with Crippen molar-refractivity contribution in [2.75, 3.05) is 6.61 Å². The Labute approximate surface area is 112 Å². The van der Waals surface area contributed by atoms with Gasteiger partial charge in [-0.3, -0.25) is 14.5 Å². The van der Waals surface area contributed by atoms with E-state index in [4.69, 9.17) is 5.11 Å². The smallest absolute Gasteiger partial charge is 0.232 e. The summed E-state index contributed by atoms with van der Waals surface area (Å²) in [6, 6.07) is 7.30. The lowest BCUT2D eigenvalue weighted by Crippen LogP contribution is -2.29. The molecule has 1 aromatic carbocycles. The minimum Gasteiger partial charge on any atom is -0.384 e. The lowest BCUT2D eigenvalue weighted by Gasteiger charge is -2.14. The minimum absolute atomic E-state index is 0.103. The number of aliphatic hydroxyl groups excluding tert-OH is 1. The third kappa shape index (κ3) is 3.01. The van der Waals surface area contributed by atoms with Gasteiger partial charge in [-0.2, -0.15) is 0 Å². The number of amides is 2. The summed E-state index contributed by atoms with van der Waals surface area (Å²) >= 11 is 0. The molecule has 1 aliphatic rings. The fourth-order valence-corrected chi connectivity index (χ4v) is 2.03. The summed E-state index contributed by atoms with van der Waals surface area (Å²) < 4.78 is 0. The molecule has 98 valence electrons. The van der Waals surface area contributed by atoms with E-state index in [1.165, 1.54) is 4.90 Å². The SMILES string of the molecule is CC1CC(=O)N(Cc2ccc(C#CCO)cc2)C1=O. The van der Waals surface area contributed by atoms with Crippen molar-refractivity contribution in [1.82, 2.24) is 4.90 Å². The molecule has 1 fully saturated rings. The lowest BCUT2D eigenvalue weighted by atomic mass is 10.1. The molecule has 1 aliphatic heterocycles. The van der Waals surface area contributed by atoms with Crippen molar-refractivity contribution in [2.45, 2.75) is 19.9 Å². The summed E-state index contributed by atoms with van der Waals surface area (Å²) in [6.45, 7) is 1.92. The van der Waals surface area contributed by atoms with Gasteiger partial charge in [0.25, 0.3) is 0 Å². The Bertz CT molecular complexity index is 551. The maximum atomic E-state index is 11.8. The maximum Gasteiger partial charge on any atom is 0.232 e. The molecule has 4 nitrogen and oxygen atoms in total. The van der Waals surface area contributed by atoms with E-state index in [2.05, 4.69) is 11.8 Å². The molecule has 2 amide bonds. The van der Waals surface area contributed by atoms with Gasteiger partial charge in [0.15, 0.2) is 0 Å². The standard InChI is InChI=1S/C15H15NO3/c1-11-9-14(18)16(15(11)19)10-13-6-4-12(5-7-13)3-2-8-17/h4-7,11,17H,8-10H2,1H3. The molecule has 1 N–H and O–H groups in total. The van der Waals surface area contributed by atoms with Gasteiger partial charge in [-0.25, -0.2) is 0 Å². The number of benzene rings is 1. The summed E-state index contributed by atoms with van der Waals surface area (Å²) in [6.07, 6.45) is 0.304. The number of carbonyl (C=O) groups excluding carboxylic acids is 2. The van der Waals surface area contributed by atoms with Crippen molar-refractivity contribution in [2.24, 2.45) is 5.92 Å². The van der Waals surface area contributed by atoms with Crippen LogP contribution < -0.4 is 0 Å². The molecule has 0 spiro atoms. The molecular formula is C15H15NO3. The van der Waals surface area contributed by atoms with E-state index in [-0.39, 0.29) is 24.3 Å². The molecule has 0 saturated carbocycles. The molecular weight excluding hydrogens is 242 g/mol. The van der Waals surface area contributed by atoms with Gasteiger partial charge in [-0.15, -0.1) is 0 Å². The second-order valence-electron chi connectivity index (χ2n) is 4.58. The number of aliphatic hydroxyl groups is 1. The van der Waals surface area contributed by atoms with Gasteiger partial charge in [-0.1, -0.05) is 30.9 Å². The highest BCUT2D eigenvalue weighted by Gasteiger charge is 2.35. The van der Waals surface area contributed by atoms with E-state index in [1.807, 2.05) is 24.3 Å². The first-order valence-electron chi connectivity index (χ1n) is 6.14. The normalized spacial score (nSPS) is 18.4. The first-order valence-corrected chi connectivity index (χ1v) is 6.14. The van der Waals surface area contributed by atoms with Crippen molar-refractivity contribution < 1.29 is 14.7 Å². The van der Waals surface area contributed by atoms with Crippen molar-refractivity contribution >= 4 is 11.8 Å². The predicted octanol–water partition coefficient (Wildman–Crippen LogP) is 0.925. The van der Waals surface area contributed by atoms with Gasteiger partial charge in [-0.05, 0) is 17.7 Å². The fraction of sp³-hybridized carbons (Fsp3) is 0.333. The van der Waals surface area contributed by atoms with E-state index in [9.17, 15) is 9.59 Å².